The van der Waals surface area contributed by atoms with Gasteiger partial charge in [0.25, 0.3) is 0 Å². The lowest BCUT2D eigenvalue weighted by molar-refractivity contribution is -0.109. The van der Waals surface area contributed by atoms with Crippen LogP contribution >= 0.6 is 0 Å². The zero-order chi connectivity index (χ0) is 33.0. The fourth-order valence-corrected chi connectivity index (χ4v) is 2.80. The number of nitrogens with one attached hydrogen (secondary N) is 1. The monoisotopic (exact) mass is 589 g/mol. The van der Waals surface area contributed by atoms with E-state index in [1.165, 1.54) is 50.8 Å². The number of hydrogen-bond acceptors (Lipinski definition) is 5. The summed E-state index contributed by atoms with van der Waals surface area (Å²) < 4.78 is 18.8. The van der Waals surface area contributed by atoms with Gasteiger partial charge in [0, 0.05) is 43.0 Å². The average molecular weight is 590 g/mol. The first kappa shape index (κ1) is 45.9. The van der Waals surface area contributed by atoms with Crippen LogP contribution in [0.2, 0.25) is 0 Å². The second-order valence-corrected chi connectivity index (χ2v) is 8.66. The molecule has 0 aliphatic carbocycles. The van der Waals surface area contributed by atoms with Crippen molar-refractivity contribution in [3.05, 3.63) is 53.0 Å². The lowest BCUT2D eigenvalue weighted by atomic mass is 10.0. The molecule has 0 atom stereocenters. The number of nitrogens with zero attached hydrogens (tertiary/aromatic N) is 2. The molecule has 42 heavy (non-hydrogen) atoms. The van der Waals surface area contributed by atoms with Gasteiger partial charge in [-0.2, -0.15) is 5.26 Å². The number of aldehydes is 1. The third-order valence-corrected chi connectivity index (χ3v) is 5.23. The average Bonchev–Trinajstić information content (AvgIpc) is 3.03. The lowest BCUT2D eigenvalue weighted by Crippen LogP contribution is -2.09. The molecule has 0 radical (unpaired) electrons. The highest BCUT2D eigenvalue weighted by Crippen LogP contribution is 2.22. The third kappa shape index (κ3) is 28.4. The quantitative estimate of drug-likeness (QED) is 0.143. The third-order valence-electron chi connectivity index (χ3n) is 5.23. The predicted octanol–water partition coefficient (Wildman–Crippen LogP) is 9.35. The molecule has 0 unspecified atom stereocenters. The maximum atomic E-state index is 13.5. The van der Waals surface area contributed by atoms with Gasteiger partial charge in [0.2, 0.25) is 6.41 Å². The van der Waals surface area contributed by atoms with Crippen molar-refractivity contribution < 1.29 is 18.7 Å². The van der Waals surface area contributed by atoms with Crippen LogP contribution in [0.15, 0.2) is 30.5 Å². The van der Waals surface area contributed by atoms with Crippen molar-refractivity contribution in [3.63, 3.8) is 0 Å². The van der Waals surface area contributed by atoms with Crippen LogP contribution in [-0.4, -0.2) is 37.4 Å². The van der Waals surface area contributed by atoms with Crippen LogP contribution in [0.4, 0.5) is 4.39 Å². The molecule has 240 valence electrons. The number of benzene rings is 1. The Kier molecular flexibility index (Phi) is 41.4. The number of halogens is 1. The van der Waals surface area contributed by atoms with Gasteiger partial charge in [0.15, 0.2) is 0 Å². The number of amides is 1. The van der Waals surface area contributed by atoms with Crippen LogP contribution in [0.1, 0.15) is 117 Å². The molecule has 1 N–H and O–H groups in total. The number of hydrogen-bond donors (Lipinski definition) is 1. The van der Waals surface area contributed by atoms with Crippen molar-refractivity contribution in [2.45, 2.75) is 121 Å². The summed E-state index contributed by atoms with van der Waals surface area (Å²) in [6.07, 6.45) is 12.3. The van der Waals surface area contributed by atoms with Gasteiger partial charge in [0.05, 0.1) is 11.8 Å². The summed E-state index contributed by atoms with van der Waals surface area (Å²) in [6.45, 7) is 22.4. The van der Waals surface area contributed by atoms with E-state index in [1.807, 2.05) is 52.8 Å². The van der Waals surface area contributed by atoms with Crippen LogP contribution in [-0.2, 0) is 20.7 Å². The number of carbonyl (C=O) groups is 2. The Balaban J connectivity index is -0.000000255. The molecular formula is C35H60FN3O3. The number of pyridine rings is 1. The second kappa shape index (κ2) is 37.9. The van der Waals surface area contributed by atoms with Crippen molar-refractivity contribution in [2.24, 2.45) is 0 Å². The van der Waals surface area contributed by atoms with E-state index in [0.717, 1.165) is 42.6 Å². The van der Waals surface area contributed by atoms with Crippen LogP contribution in [0.25, 0.3) is 11.3 Å². The zero-order valence-corrected chi connectivity index (χ0v) is 28.3. The molecule has 0 aliphatic heterocycles. The van der Waals surface area contributed by atoms with E-state index in [2.05, 4.69) is 38.0 Å². The maximum Gasteiger partial charge on any atom is 0.207 e. The number of nitriles is 1. The van der Waals surface area contributed by atoms with Crippen LogP contribution in [0.5, 0.6) is 0 Å². The van der Waals surface area contributed by atoms with Crippen molar-refractivity contribution in [1.29, 1.82) is 5.26 Å². The van der Waals surface area contributed by atoms with Gasteiger partial charge in [-0.3, -0.25) is 9.78 Å². The molecule has 0 saturated carbocycles. The Labute approximate surface area is 257 Å². The van der Waals surface area contributed by atoms with Crippen molar-refractivity contribution >= 4 is 12.7 Å². The Morgan fingerprint density at radius 2 is 1.52 bits per heavy atom. The minimum atomic E-state index is -0.255. The second-order valence-electron chi connectivity index (χ2n) is 8.66. The van der Waals surface area contributed by atoms with E-state index in [9.17, 15) is 14.0 Å². The van der Waals surface area contributed by atoms with E-state index in [0.29, 0.717) is 24.1 Å². The van der Waals surface area contributed by atoms with E-state index in [4.69, 9.17) is 10.00 Å². The van der Waals surface area contributed by atoms with E-state index in [-0.39, 0.29) is 12.4 Å². The molecule has 0 fully saturated rings. The largest absolute Gasteiger partial charge is 0.381 e. The molecule has 0 spiro atoms. The number of carbonyl (C=O) groups excluding carboxylic acids is 2. The Hall–Kier alpha value is -3.11. The first-order valence-electron chi connectivity index (χ1n) is 15.6. The maximum absolute atomic E-state index is 13.5. The van der Waals surface area contributed by atoms with Crippen LogP contribution in [0, 0.1) is 31.0 Å². The summed E-state index contributed by atoms with van der Waals surface area (Å²) in [6, 6.07) is 8.84. The Morgan fingerprint density at radius 1 is 0.881 bits per heavy atom. The highest BCUT2D eigenvalue weighted by molar-refractivity contribution is 5.63. The fraction of sp³-hybridized carbons (Fsp3) is 0.600. The normalized spacial score (nSPS) is 8.71. The summed E-state index contributed by atoms with van der Waals surface area (Å²) in [5, 5.41) is 9.88. The van der Waals surface area contributed by atoms with Crippen molar-refractivity contribution in [1.82, 2.24) is 10.3 Å². The molecule has 2 rings (SSSR count). The summed E-state index contributed by atoms with van der Waals surface area (Å²) in [5.74, 6) is -0.255. The molecular weight excluding hydrogens is 529 g/mol. The zero-order valence-electron chi connectivity index (χ0n) is 28.3. The minimum Gasteiger partial charge on any atom is -0.381 e. The number of aromatic nitrogens is 1. The Morgan fingerprint density at radius 3 is 1.95 bits per heavy atom. The minimum absolute atomic E-state index is 0.101. The molecule has 2 aromatic rings. The molecule has 0 bridgehead atoms. The molecule has 6 nitrogen and oxygen atoms in total. The molecule has 1 heterocycles. The topological polar surface area (TPSA) is 92.1 Å². The molecule has 1 amide bonds. The van der Waals surface area contributed by atoms with Gasteiger partial charge >= 0.3 is 0 Å². The van der Waals surface area contributed by atoms with Gasteiger partial charge in [-0.1, -0.05) is 99.6 Å². The highest BCUT2D eigenvalue weighted by atomic mass is 19.1. The van der Waals surface area contributed by atoms with Crippen LogP contribution < -0.4 is 5.32 Å². The summed E-state index contributed by atoms with van der Waals surface area (Å²) in [5.41, 5.74) is 4.01. The SMILES string of the molecule is CC.CC.CCCC.CCCCCCOCCC.Cc1cnc(-c2ccc(CC=O)c(C)c2)cc1F.N#CCNC=O. The molecule has 1 aromatic heterocycles. The molecule has 1 aromatic carbocycles. The van der Waals surface area contributed by atoms with Gasteiger partial charge in [-0.25, -0.2) is 4.39 Å². The standard InChI is InChI=1S/C15H14FNO.C9H20O.C4H10.C3H4N2O.2C2H6/c1-10-7-13(4-3-12(10)5-6-18)15-8-14(16)11(2)9-17-15;1-3-5-6-7-9-10-8-4-2;1-3-4-2;4-1-2-5-3-6;2*1-2/h3-4,6-9H,5H2,1-2H3;3-9H2,1-2H3;3-4H2,1-2H3;3H,2H2,(H,5,6);2*1-2H3. The van der Waals surface area contributed by atoms with Crippen LogP contribution in [0.3, 0.4) is 0 Å². The van der Waals surface area contributed by atoms with Gasteiger partial charge < -0.3 is 14.8 Å². The van der Waals surface area contributed by atoms with E-state index in [1.54, 1.807) is 13.0 Å². The molecule has 0 saturated heterocycles. The first-order chi connectivity index (χ1) is 20.4. The summed E-state index contributed by atoms with van der Waals surface area (Å²) in [4.78, 5) is 24.0. The fourth-order valence-electron chi connectivity index (χ4n) is 2.80. The van der Waals surface area contributed by atoms with Gasteiger partial charge in [-0.15, -0.1) is 0 Å². The van der Waals surface area contributed by atoms with Crippen molar-refractivity contribution in [3.8, 4) is 17.3 Å². The molecule has 7 heteroatoms. The Bertz CT molecular complexity index is 905. The molecule has 0 aliphatic rings. The summed E-state index contributed by atoms with van der Waals surface area (Å²) >= 11 is 0. The van der Waals surface area contributed by atoms with E-state index >= 15 is 0 Å². The number of unbranched alkanes of at least 4 members (excludes halogenated alkanes) is 4. The highest BCUT2D eigenvalue weighted by Gasteiger charge is 2.06. The smallest absolute Gasteiger partial charge is 0.207 e. The summed E-state index contributed by atoms with van der Waals surface area (Å²) in [7, 11) is 0. The number of rotatable bonds is 13. The number of ether oxygens (including phenoxy) is 1. The van der Waals surface area contributed by atoms with Gasteiger partial charge in [0.1, 0.15) is 18.6 Å². The van der Waals surface area contributed by atoms with Crippen molar-refractivity contribution in [2.75, 3.05) is 19.8 Å². The first-order valence-corrected chi connectivity index (χ1v) is 15.6. The van der Waals surface area contributed by atoms with Gasteiger partial charge in [-0.05, 0) is 43.9 Å². The predicted molar refractivity (Wildman–Crippen MR) is 177 cm³/mol. The van der Waals surface area contributed by atoms with E-state index < -0.39 is 0 Å². The lowest BCUT2D eigenvalue weighted by Gasteiger charge is -2.07. The number of aryl methyl sites for hydroxylation is 2.